The summed E-state index contributed by atoms with van der Waals surface area (Å²) in [5, 5.41) is 0. The van der Waals surface area contributed by atoms with Crippen molar-refractivity contribution >= 4 is 11.8 Å². The standard InChI is InChI=1S/C11H19NS/c1-5-12-7-6-10(9(2)3)11(8-12)13-4/h2,5-8H2,1,3-4H3. The Balaban J connectivity index is 2.78. The fourth-order valence-corrected chi connectivity index (χ4v) is 2.53. The molecule has 0 aromatic rings. The van der Waals surface area contributed by atoms with Gasteiger partial charge in [-0.15, -0.1) is 11.8 Å². The zero-order valence-electron chi connectivity index (χ0n) is 8.89. The first-order valence-corrected chi connectivity index (χ1v) is 6.05. The van der Waals surface area contributed by atoms with E-state index in [0.29, 0.717) is 0 Å². The van der Waals surface area contributed by atoms with Crippen molar-refractivity contribution in [3.8, 4) is 0 Å². The van der Waals surface area contributed by atoms with Gasteiger partial charge in [-0.3, -0.25) is 4.90 Å². The summed E-state index contributed by atoms with van der Waals surface area (Å²) < 4.78 is 0. The summed E-state index contributed by atoms with van der Waals surface area (Å²) in [7, 11) is 0. The Labute approximate surface area is 85.9 Å². The molecule has 0 radical (unpaired) electrons. The topological polar surface area (TPSA) is 3.24 Å². The van der Waals surface area contributed by atoms with Gasteiger partial charge in [0.05, 0.1) is 0 Å². The highest BCUT2D eigenvalue weighted by molar-refractivity contribution is 8.02. The molecule has 0 aromatic carbocycles. The summed E-state index contributed by atoms with van der Waals surface area (Å²) in [6.07, 6.45) is 3.34. The second kappa shape index (κ2) is 4.87. The third-order valence-corrected chi connectivity index (χ3v) is 3.46. The molecule has 0 unspecified atom stereocenters. The van der Waals surface area contributed by atoms with Gasteiger partial charge < -0.3 is 0 Å². The highest BCUT2D eigenvalue weighted by Crippen LogP contribution is 2.29. The van der Waals surface area contributed by atoms with Crippen LogP contribution in [-0.2, 0) is 0 Å². The van der Waals surface area contributed by atoms with Gasteiger partial charge in [0.1, 0.15) is 0 Å². The lowest BCUT2D eigenvalue weighted by Gasteiger charge is -2.29. The van der Waals surface area contributed by atoms with Gasteiger partial charge in [0.25, 0.3) is 0 Å². The van der Waals surface area contributed by atoms with Crippen molar-refractivity contribution in [1.29, 1.82) is 0 Å². The largest absolute Gasteiger partial charge is 0.298 e. The molecule has 2 heteroatoms. The summed E-state index contributed by atoms with van der Waals surface area (Å²) in [5.74, 6) is 0. The van der Waals surface area contributed by atoms with Gasteiger partial charge in [-0.25, -0.2) is 0 Å². The maximum absolute atomic E-state index is 4.04. The minimum absolute atomic E-state index is 1.12. The lowest BCUT2D eigenvalue weighted by molar-refractivity contribution is 0.308. The summed E-state index contributed by atoms with van der Waals surface area (Å²) >= 11 is 1.88. The maximum Gasteiger partial charge on any atom is 0.0296 e. The van der Waals surface area contributed by atoms with Gasteiger partial charge in [0.15, 0.2) is 0 Å². The Hall–Kier alpha value is -0.210. The molecule has 0 saturated heterocycles. The van der Waals surface area contributed by atoms with Crippen LogP contribution in [0.5, 0.6) is 0 Å². The predicted molar refractivity (Wildman–Crippen MR) is 62.1 cm³/mol. The van der Waals surface area contributed by atoms with Crippen LogP contribution < -0.4 is 0 Å². The smallest absolute Gasteiger partial charge is 0.0296 e. The van der Waals surface area contributed by atoms with Crippen molar-refractivity contribution in [3.63, 3.8) is 0 Å². The number of likely N-dealkylation sites (N-methyl/N-ethyl adjacent to an activating group) is 1. The number of rotatable bonds is 3. The van der Waals surface area contributed by atoms with Gasteiger partial charge in [-0.2, -0.15) is 0 Å². The molecule has 1 aliphatic heterocycles. The molecule has 0 amide bonds. The van der Waals surface area contributed by atoms with E-state index in [1.807, 2.05) is 11.8 Å². The lowest BCUT2D eigenvalue weighted by atomic mass is 10.0. The van der Waals surface area contributed by atoms with Crippen molar-refractivity contribution in [2.24, 2.45) is 0 Å². The number of hydrogen-bond donors (Lipinski definition) is 0. The molecule has 0 aliphatic carbocycles. The second-order valence-corrected chi connectivity index (χ2v) is 4.41. The molecule has 0 fully saturated rings. The van der Waals surface area contributed by atoms with E-state index >= 15 is 0 Å². The molecule has 1 rings (SSSR count). The van der Waals surface area contributed by atoms with E-state index in [9.17, 15) is 0 Å². The summed E-state index contributed by atoms with van der Waals surface area (Å²) in [5.41, 5.74) is 2.75. The third-order valence-electron chi connectivity index (χ3n) is 2.59. The minimum atomic E-state index is 1.12. The van der Waals surface area contributed by atoms with E-state index in [4.69, 9.17) is 0 Å². The SMILES string of the molecule is C=C(C)C1=C(SC)CN(CC)CC1. The zero-order chi connectivity index (χ0) is 9.84. The monoisotopic (exact) mass is 197 g/mol. The van der Waals surface area contributed by atoms with Crippen molar-refractivity contribution < 1.29 is 0 Å². The van der Waals surface area contributed by atoms with E-state index in [-0.39, 0.29) is 0 Å². The average Bonchev–Trinajstić information content (AvgIpc) is 2.16. The molecule has 1 heterocycles. The first-order valence-electron chi connectivity index (χ1n) is 4.83. The van der Waals surface area contributed by atoms with Crippen molar-refractivity contribution in [2.75, 3.05) is 25.9 Å². The van der Waals surface area contributed by atoms with Crippen LogP contribution in [0.4, 0.5) is 0 Å². The van der Waals surface area contributed by atoms with E-state index in [1.165, 1.54) is 29.0 Å². The molecule has 0 bridgehead atoms. The maximum atomic E-state index is 4.04. The van der Waals surface area contributed by atoms with E-state index in [2.05, 4.69) is 31.6 Å². The third kappa shape index (κ3) is 2.61. The quantitative estimate of drug-likeness (QED) is 0.684. The Morgan fingerprint density at radius 3 is 2.77 bits per heavy atom. The predicted octanol–water partition coefficient (Wildman–Crippen LogP) is 2.91. The van der Waals surface area contributed by atoms with Crippen LogP contribution in [0.2, 0.25) is 0 Å². The highest BCUT2D eigenvalue weighted by atomic mass is 32.2. The molecular formula is C11H19NS. The average molecular weight is 197 g/mol. The van der Waals surface area contributed by atoms with E-state index in [1.54, 1.807) is 0 Å². The van der Waals surface area contributed by atoms with Crippen molar-refractivity contribution in [2.45, 2.75) is 20.3 Å². The van der Waals surface area contributed by atoms with Crippen molar-refractivity contribution in [3.05, 3.63) is 22.6 Å². The van der Waals surface area contributed by atoms with Crippen LogP contribution in [0.15, 0.2) is 22.6 Å². The first kappa shape index (κ1) is 10.9. The fraction of sp³-hybridized carbons (Fsp3) is 0.636. The van der Waals surface area contributed by atoms with Gasteiger partial charge in [0, 0.05) is 18.0 Å². The van der Waals surface area contributed by atoms with Crippen LogP contribution in [0.1, 0.15) is 20.3 Å². The molecule has 1 aliphatic rings. The van der Waals surface area contributed by atoms with Gasteiger partial charge in [0.2, 0.25) is 0 Å². The summed E-state index contributed by atoms with van der Waals surface area (Å²) in [6.45, 7) is 11.9. The van der Waals surface area contributed by atoms with Crippen molar-refractivity contribution in [1.82, 2.24) is 4.90 Å². The molecule has 0 atom stereocenters. The Kier molecular flexibility index (Phi) is 4.07. The Morgan fingerprint density at radius 2 is 2.31 bits per heavy atom. The molecule has 13 heavy (non-hydrogen) atoms. The zero-order valence-corrected chi connectivity index (χ0v) is 9.71. The fourth-order valence-electron chi connectivity index (χ4n) is 1.70. The molecule has 1 nitrogen and oxygen atoms in total. The normalized spacial score (nSPS) is 19.3. The van der Waals surface area contributed by atoms with Gasteiger partial charge in [-0.1, -0.05) is 19.1 Å². The van der Waals surface area contributed by atoms with Gasteiger partial charge >= 0.3 is 0 Å². The summed E-state index contributed by atoms with van der Waals surface area (Å²) in [6, 6.07) is 0. The minimum Gasteiger partial charge on any atom is -0.298 e. The number of nitrogens with zero attached hydrogens (tertiary/aromatic N) is 1. The molecule has 0 N–H and O–H groups in total. The first-order chi connectivity index (χ1) is 6.19. The molecule has 0 saturated carbocycles. The summed E-state index contributed by atoms with van der Waals surface area (Å²) in [4.78, 5) is 4.00. The van der Waals surface area contributed by atoms with Crippen LogP contribution in [0, 0.1) is 0 Å². The van der Waals surface area contributed by atoms with Crippen LogP contribution >= 0.6 is 11.8 Å². The van der Waals surface area contributed by atoms with E-state index < -0.39 is 0 Å². The Morgan fingerprint density at radius 1 is 1.62 bits per heavy atom. The van der Waals surface area contributed by atoms with Crippen LogP contribution in [0.25, 0.3) is 0 Å². The van der Waals surface area contributed by atoms with Crippen LogP contribution in [0.3, 0.4) is 0 Å². The molecule has 0 aromatic heterocycles. The lowest BCUT2D eigenvalue weighted by Crippen LogP contribution is -2.30. The van der Waals surface area contributed by atoms with E-state index in [0.717, 1.165) is 13.1 Å². The van der Waals surface area contributed by atoms with Crippen LogP contribution in [-0.4, -0.2) is 30.8 Å². The number of hydrogen-bond acceptors (Lipinski definition) is 2. The number of allylic oxidation sites excluding steroid dienone is 1. The van der Waals surface area contributed by atoms with Gasteiger partial charge in [-0.05, 0) is 31.7 Å². The Bertz CT molecular complexity index is 230. The highest BCUT2D eigenvalue weighted by Gasteiger charge is 2.16. The molecule has 0 spiro atoms. The molecular weight excluding hydrogens is 178 g/mol. The molecule has 74 valence electrons. The number of thioether (sulfide) groups is 1. The second-order valence-electron chi connectivity index (χ2n) is 3.50.